The molecule has 33 heavy (non-hydrogen) atoms. The molecule has 0 N–H and O–H groups in total. The van der Waals surface area contributed by atoms with Gasteiger partial charge >= 0.3 is 5.97 Å². The monoisotopic (exact) mass is 487 g/mol. The fraction of sp³-hybridized carbons (Fsp3) is 0.417. The van der Waals surface area contributed by atoms with Gasteiger partial charge in [-0.1, -0.05) is 31.6 Å². The molecule has 0 amide bonds. The van der Waals surface area contributed by atoms with Gasteiger partial charge in [-0.15, -0.1) is 0 Å². The van der Waals surface area contributed by atoms with Crippen molar-refractivity contribution in [3.05, 3.63) is 48.0 Å². The van der Waals surface area contributed by atoms with E-state index in [2.05, 4.69) is 9.88 Å². The molecule has 0 bridgehead atoms. The number of ether oxygens (including phenoxy) is 1. The molecule has 2 heterocycles. The van der Waals surface area contributed by atoms with E-state index in [-0.39, 0.29) is 4.90 Å². The predicted molar refractivity (Wildman–Crippen MR) is 132 cm³/mol. The van der Waals surface area contributed by atoms with Crippen LogP contribution in [0.2, 0.25) is 0 Å². The van der Waals surface area contributed by atoms with Crippen molar-refractivity contribution >= 4 is 42.7 Å². The summed E-state index contributed by atoms with van der Waals surface area (Å²) in [5.74, 6) is -0.0848. The van der Waals surface area contributed by atoms with Gasteiger partial charge in [-0.05, 0) is 55.7 Å². The lowest BCUT2D eigenvalue weighted by Crippen LogP contribution is -2.31. The highest BCUT2D eigenvalue weighted by molar-refractivity contribution is 7.89. The highest BCUT2D eigenvalue weighted by atomic mass is 32.2. The zero-order valence-corrected chi connectivity index (χ0v) is 20.6. The van der Waals surface area contributed by atoms with E-state index < -0.39 is 16.0 Å². The standard InChI is InChI=1S/C24H29N3O4S2/c1-3-5-16-27(4-2)33(29,30)20-11-8-18(9-12-20)23(28)31-19-10-13-21-22(17-19)32-24(25-21)26-14-6-7-15-26/h8-13,17H,3-7,14-16H2,1-2H3. The minimum Gasteiger partial charge on any atom is -0.423 e. The minimum absolute atomic E-state index is 0.178. The van der Waals surface area contributed by atoms with Crippen LogP contribution in [-0.4, -0.2) is 49.9 Å². The summed E-state index contributed by atoms with van der Waals surface area (Å²) in [6.07, 6.45) is 4.10. The number of unbranched alkanes of at least 4 members (excludes halogenated alkanes) is 1. The number of benzene rings is 2. The summed E-state index contributed by atoms with van der Waals surface area (Å²) < 4.78 is 33.7. The Kier molecular flexibility index (Phi) is 7.31. The highest BCUT2D eigenvalue weighted by Crippen LogP contribution is 2.33. The van der Waals surface area contributed by atoms with Crippen LogP contribution in [0.1, 0.15) is 49.9 Å². The molecule has 1 fully saturated rings. The molecule has 0 spiro atoms. The number of carbonyl (C=O) groups is 1. The molecule has 176 valence electrons. The number of hydrogen-bond acceptors (Lipinski definition) is 7. The third-order valence-corrected chi connectivity index (χ3v) is 8.84. The van der Waals surface area contributed by atoms with Gasteiger partial charge in [0.25, 0.3) is 0 Å². The molecular formula is C24H29N3O4S2. The van der Waals surface area contributed by atoms with Gasteiger partial charge in [0.2, 0.25) is 10.0 Å². The number of carbonyl (C=O) groups excluding carboxylic acids is 1. The highest BCUT2D eigenvalue weighted by Gasteiger charge is 2.23. The van der Waals surface area contributed by atoms with Crippen molar-refractivity contribution in [3.8, 4) is 5.75 Å². The number of aromatic nitrogens is 1. The molecule has 0 atom stereocenters. The Hall–Kier alpha value is -2.49. The van der Waals surface area contributed by atoms with Gasteiger partial charge in [-0.3, -0.25) is 0 Å². The number of anilines is 1. The quantitative estimate of drug-likeness (QED) is 0.315. The maximum Gasteiger partial charge on any atom is 0.343 e. The van der Waals surface area contributed by atoms with Crippen molar-refractivity contribution in [1.82, 2.24) is 9.29 Å². The lowest BCUT2D eigenvalue weighted by molar-refractivity contribution is 0.0735. The number of fused-ring (bicyclic) bond motifs is 1. The fourth-order valence-corrected chi connectivity index (χ4v) is 6.39. The summed E-state index contributed by atoms with van der Waals surface area (Å²) in [4.78, 5) is 19.8. The van der Waals surface area contributed by atoms with Crippen LogP contribution in [0.5, 0.6) is 5.75 Å². The Morgan fingerprint density at radius 2 is 1.85 bits per heavy atom. The Balaban J connectivity index is 1.46. The maximum absolute atomic E-state index is 12.9. The topological polar surface area (TPSA) is 79.8 Å². The number of hydrogen-bond donors (Lipinski definition) is 0. The molecule has 2 aromatic carbocycles. The van der Waals surface area contributed by atoms with E-state index in [1.165, 1.54) is 41.4 Å². The van der Waals surface area contributed by atoms with Crippen LogP contribution in [0.25, 0.3) is 10.2 Å². The number of rotatable bonds is 9. The lowest BCUT2D eigenvalue weighted by atomic mass is 10.2. The number of nitrogens with zero attached hydrogens (tertiary/aromatic N) is 3. The van der Waals surface area contributed by atoms with Crippen molar-refractivity contribution in [2.24, 2.45) is 0 Å². The van der Waals surface area contributed by atoms with Crippen LogP contribution >= 0.6 is 11.3 Å². The first-order chi connectivity index (χ1) is 15.9. The van der Waals surface area contributed by atoms with Gasteiger partial charge in [-0.25, -0.2) is 18.2 Å². The molecule has 1 saturated heterocycles. The molecule has 1 aromatic heterocycles. The Bertz CT molecular complexity index is 1220. The summed E-state index contributed by atoms with van der Waals surface area (Å²) in [6, 6.07) is 11.4. The van der Waals surface area contributed by atoms with E-state index in [1.807, 2.05) is 26.0 Å². The van der Waals surface area contributed by atoms with Crippen LogP contribution in [0, 0.1) is 0 Å². The molecule has 0 aliphatic carbocycles. The second-order valence-corrected chi connectivity index (χ2v) is 11.0. The van der Waals surface area contributed by atoms with Gasteiger partial charge in [0.15, 0.2) is 5.13 Å². The van der Waals surface area contributed by atoms with E-state index in [0.717, 1.165) is 41.3 Å². The van der Waals surface area contributed by atoms with Gasteiger partial charge in [0.05, 0.1) is 20.7 Å². The van der Waals surface area contributed by atoms with Crippen molar-refractivity contribution in [3.63, 3.8) is 0 Å². The van der Waals surface area contributed by atoms with Crippen LogP contribution in [0.4, 0.5) is 5.13 Å². The second-order valence-electron chi connectivity index (χ2n) is 8.08. The average molecular weight is 488 g/mol. The SMILES string of the molecule is CCCCN(CC)S(=O)(=O)c1ccc(C(=O)Oc2ccc3nc(N4CCCC4)sc3c2)cc1. The summed E-state index contributed by atoms with van der Waals surface area (Å²) in [7, 11) is -3.58. The summed E-state index contributed by atoms with van der Waals surface area (Å²) in [6.45, 7) is 6.81. The van der Waals surface area contributed by atoms with Crippen LogP contribution in [-0.2, 0) is 10.0 Å². The van der Waals surface area contributed by atoms with Gasteiger partial charge in [0, 0.05) is 32.2 Å². The number of thiazole rings is 1. The molecule has 4 rings (SSSR count). The van der Waals surface area contributed by atoms with Crippen LogP contribution < -0.4 is 9.64 Å². The molecule has 3 aromatic rings. The molecular weight excluding hydrogens is 458 g/mol. The molecule has 1 aliphatic rings. The van der Waals surface area contributed by atoms with E-state index in [9.17, 15) is 13.2 Å². The summed E-state index contributed by atoms with van der Waals surface area (Å²) in [5.41, 5.74) is 1.19. The molecule has 7 nitrogen and oxygen atoms in total. The van der Waals surface area contributed by atoms with Crippen molar-refractivity contribution in [2.45, 2.75) is 44.4 Å². The fourth-order valence-electron chi connectivity index (χ4n) is 3.86. The second kappa shape index (κ2) is 10.2. The Morgan fingerprint density at radius 1 is 1.12 bits per heavy atom. The first-order valence-corrected chi connectivity index (χ1v) is 13.7. The summed E-state index contributed by atoms with van der Waals surface area (Å²) in [5, 5.41) is 1.00. The largest absolute Gasteiger partial charge is 0.423 e. The first kappa shape index (κ1) is 23.7. The smallest absolute Gasteiger partial charge is 0.343 e. The molecule has 9 heteroatoms. The van der Waals surface area contributed by atoms with E-state index in [1.54, 1.807) is 17.4 Å². The van der Waals surface area contributed by atoms with E-state index in [0.29, 0.717) is 24.4 Å². The van der Waals surface area contributed by atoms with E-state index in [4.69, 9.17) is 4.74 Å². The van der Waals surface area contributed by atoms with Crippen LogP contribution in [0.15, 0.2) is 47.4 Å². The van der Waals surface area contributed by atoms with Crippen molar-refractivity contribution in [2.75, 3.05) is 31.1 Å². The number of esters is 1. The molecule has 1 aliphatic heterocycles. The lowest BCUT2D eigenvalue weighted by Gasteiger charge is -2.20. The maximum atomic E-state index is 12.9. The number of sulfonamides is 1. The average Bonchev–Trinajstić information content (AvgIpc) is 3.49. The van der Waals surface area contributed by atoms with Gasteiger partial charge < -0.3 is 9.64 Å². The predicted octanol–water partition coefficient (Wildman–Crippen LogP) is 4.93. The normalized spacial score (nSPS) is 14.3. The molecule has 0 radical (unpaired) electrons. The first-order valence-electron chi connectivity index (χ1n) is 11.4. The third kappa shape index (κ3) is 5.20. The molecule has 0 saturated carbocycles. The van der Waals surface area contributed by atoms with Gasteiger partial charge in [0.1, 0.15) is 5.75 Å². The van der Waals surface area contributed by atoms with E-state index >= 15 is 0 Å². The third-order valence-electron chi connectivity index (χ3n) is 5.78. The van der Waals surface area contributed by atoms with Crippen molar-refractivity contribution in [1.29, 1.82) is 0 Å². The Morgan fingerprint density at radius 3 is 2.52 bits per heavy atom. The zero-order chi connectivity index (χ0) is 23.4. The van der Waals surface area contributed by atoms with Crippen molar-refractivity contribution < 1.29 is 17.9 Å². The Labute approximate surface area is 199 Å². The zero-order valence-electron chi connectivity index (χ0n) is 19.0. The minimum atomic E-state index is -3.58. The van der Waals surface area contributed by atoms with Crippen LogP contribution in [0.3, 0.4) is 0 Å². The van der Waals surface area contributed by atoms with Gasteiger partial charge in [-0.2, -0.15) is 4.31 Å². The summed E-state index contributed by atoms with van der Waals surface area (Å²) >= 11 is 1.60. The molecule has 0 unspecified atom stereocenters.